The Labute approximate surface area is 77.0 Å². The van der Waals surface area contributed by atoms with Crippen molar-refractivity contribution in [2.75, 3.05) is 0 Å². The smallest absolute Gasteiger partial charge is 0.180 e. The molecule has 0 saturated carbocycles. The van der Waals surface area contributed by atoms with E-state index < -0.39 is 8.69 Å². The molecule has 0 fully saturated rings. The van der Waals surface area contributed by atoms with E-state index in [0.29, 0.717) is 5.92 Å². The maximum atomic E-state index is 10.3. The average molecular weight is 192 g/mol. The van der Waals surface area contributed by atoms with Crippen molar-refractivity contribution in [3.05, 3.63) is 0 Å². The maximum Gasteiger partial charge on any atom is 0.180 e. The highest BCUT2D eigenvalue weighted by Gasteiger charge is 2.09. The Balaban J connectivity index is 3.61. The zero-order chi connectivity index (χ0) is 9.40. The predicted molar refractivity (Wildman–Crippen MR) is 54.2 cm³/mol. The summed E-state index contributed by atoms with van der Waals surface area (Å²) in [4.78, 5) is 0. The van der Waals surface area contributed by atoms with Crippen molar-refractivity contribution in [2.24, 2.45) is 5.92 Å². The number of hydrogen-bond donors (Lipinski definition) is 0. The van der Waals surface area contributed by atoms with Gasteiger partial charge in [0.25, 0.3) is 0 Å². The van der Waals surface area contributed by atoms with Gasteiger partial charge in [-0.15, -0.1) is 0 Å². The lowest BCUT2D eigenvalue weighted by Crippen LogP contribution is -2.10. The van der Waals surface area contributed by atoms with Gasteiger partial charge in [-0.1, -0.05) is 33.6 Å². The van der Waals surface area contributed by atoms with E-state index in [0.717, 1.165) is 12.8 Å². The Kier molecular flexibility index (Phi) is 7.94. The minimum absolute atomic E-state index is 0.234. The SMILES string of the molecule is CCCCC(CC(C)C)O[PH2]=O. The molecule has 0 spiro atoms. The molecule has 0 aromatic carbocycles. The molecule has 0 aliphatic heterocycles. The standard InChI is InChI=1S/C9H21O2P/c1-4-5-6-9(11-12-10)7-8(2)3/h8-9H,4-7,12H2,1-3H3. The predicted octanol–water partition coefficient (Wildman–Crippen LogP) is 3.28. The molecule has 0 rings (SSSR count). The van der Waals surface area contributed by atoms with Gasteiger partial charge in [-0.05, 0) is 18.8 Å². The second kappa shape index (κ2) is 7.82. The molecule has 2 nitrogen and oxygen atoms in total. The Bertz CT molecular complexity index is 115. The fourth-order valence-electron chi connectivity index (χ4n) is 1.28. The van der Waals surface area contributed by atoms with Gasteiger partial charge in [-0.25, -0.2) is 0 Å². The molecule has 0 aliphatic rings. The molecule has 0 heterocycles. The van der Waals surface area contributed by atoms with Crippen molar-refractivity contribution in [2.45, 2.75) is 52.6 Å². The third kappa shape index (κ3) is 6.87. The van der Waals surface area contributed by atoms with Gasteiger partial charge in [-0.3, -0.25) is 4.57 Å². The van der Waals surface area contributed by atoms with E-state index in [2.05, 4.69) is 20.8 Å². The lowest BCUT2D eigenvalue weighted by molar-refractivity contribution is 0.180. The molecule has 74 valence electrons. The zero-order valence-electron chi connectivity index (χ0n) is 8.38. The van der Waals surface area contributed by atoms with Crippen LogP contribution in [0.15, 0.2) is 0 Å². The van der Waals surface area contributed by atoms with Crippen LogP contribution in [0.1, 0.15) is 46.5 Å². The second-order valence-electron chi connectivity index (χ2n) is 3.63. The molecule has 0 aromatic heterocycles. The highest BCUT2D eigenvalue weighted by molar-refractivity contribution is 7.17. The minimum Gasteiger partial charge on any atom is -0.329 e. The van der Waals surface area contributed by atoms with Crippen LogP contribution in [0.2, 0.25) is 0 Å². The number of rotatable bonds is 7. The van der Waals surface area contributed by atoms with Crippen LogP contribution >= 0.6 is 8.69 Å². The lowest BCUT2D eigenvalue weighted by Gasteiger charge is -2.15. The van der Waals surface area contributed by atoms with Gasteiger partial charge in [0.2, 0.25) is 0 Å². The van der Waals surface area contributed by atoms with Crippen molar-refractivity contribution >= 4 is 8.69 Å². The van der Waals surface area contributed by atoms with Crippen molar-refractivity contribution in [1.29, 1.82) is 0 Å². The topological polar surface area (TPSA) is 26.3 Å². The average Bonchev–Trinajstić information content (AvgIpc) is 2.00. The van der Waals surface area contributed by atoms with Crippen molar-refractivity contribution < 1.29 is 9.09 Å². The summed E-state index contributed by atoms with van der Waals surface area (Å²) in [5.41, 5.74) is 0. The maximum absolute atomic E-state index is 10.3. The van der Waals surface area contributed by atoms with E-state index in [-0.39, 0.29) is 6.10 Å². The fraction of sp³-hybridized carbons (Fsp3) is 1.00. The molecule has 3 heteroatoms. The molecular formula is C9H21O2P. The monoisotopic (exact) mass is 192 g/mol. The molecule has 0 amide bonds. The van der Waals surface area contributed by atoms with Crippen LogP contribution in [0.5, 0.6) is 0 Å². The fourth-order valence-corrected chi connectivity index (χ4v) is 1.68. The van der Waals surface area contributed by atoms with Crippen LogP contribution in [0.4, 0.5) is 0 Å². The summed E-state index contributed by atoms with van der Waals surface area (Å²) >= 11 is 0. The van der Waals surface area contributed by atoms with Crippen molar-refractivity contribution in [1.82, 2.24) is 0 Å². The van der Waals surface area contributed by atoms with Crippen LogP contribution in [0.25, 0.3) is 0 Å². The number of unbranched alkanes of at least 4 members (excludes halogenated alkanes) is 1. The van der Waals surface area contributed by atoms with Gasteiger partial charge in [0.05, 0.1) is 6.10 Å². The van der Waals surface area contributed by atoms with Gasteiger partial charge in [0.15, 0.2) is 8.69 Å². The van der Waals surface area contributed by atoms with Gasteiger partial charge in [-0.2, -0.15) is 0 Å². The molecule has 0 N–H and O–H groups in total. The largest absolute Gasteiger partial charge is 0.329 e. The quantitative estimate of drug-likeness (QED) is 0.578. The highest BCUT2D eigenvalue weighted by atomic mass is 31.1. The lowest BCUT2D eigenvalue weighted by atomic mass is 10.0. The molecule has 0 aromatic rings. The van der Waals surface area contributed by atoms with E-state index in [1.165, 1.54) is 12.8 Å². The summed E-state index contributed by atoms with van der Waals surface area (Å²) in [6.45, 7) is 6.50. The zero-order valence-corrected chi connectivity index (χ0v) is 9.53. The molecule has 0 radical (unpaired) electrons. The first-order valence-electron chi connectivity index (χ1n) is 4.79. The normalized spacial score (nSPS) is 14.7. The summed E-state index contributed by atoms with van der Waals surface area (Å²) in [5.74, 6) is 0.637. The Morgan fingerprint density at radius 2 is 2.08 bits per heavy atom. The first-order valence-corrected chi connectivity index (χ1v) is 5.74. The molecule has 2 atom stereocenters. The summed E-state index contributed by atoms with van der Waals surface area (Å²) in [7, 11) is -1.03. The van der Waals surface area contributed by atoms with E-state index in [4.69, 9.17) is 4.52 Å². The van der Waals surface area contributed by atoms with Gasteiger partial charge in [0, 0.05) is 0 Å². The summed E-state index contributed by atoms with van der Waals surface area (Å²) in [5, 5.41) is 0. The summed E-state index contributed by atoms with van der Waals surface area (Å²) in [6, 6.07) is 0. The van der Waals surface area contributed by atoms with E-state index in [1.807, 2.05) is 0 Å². The molecule has 12 heavy (non-hydrogen) atoms. The Morgan fingerprint density at radius 1 is 1.42 bits per heavy atom. The van der Waals surface area contributed by atoms with E-state index in [9.17, 15) is 4.57 Å². The van der Waals surface area contributed by atoms with Crippen molar-refractivity contribution in [3.63, 3.8) is 0 Å². The third-order valence-corrected chi connectivity index (χ3v) is 2.36. The first-order chi connectivity index (χ1) is 5.70. The Morgan fingerprint density at radius 3 is 2.50 bits per heavy atom. The molecule has 2 unspecified atom stereocenters. The van der Waals surface area contributed by atoms with E-state index >= 15 is 0 Å². The highest BCUT2D eigenvalue weighted by Crippen LogP contribution is 2.18. The summed E-state index contributed by atoms with van der Waals surface area (Å²) in [6.07, 6.45) is 4.69. The summed E-state index contributed by atoms with van der Waals surface area (Å²) < 4.78 is 15.5. The van der Waals surface area contributed by atoms with Gasteiger partial charge in [0.1, 0.15) is 0 Å². The number of hydrogen-bond acceptors (Lipinski definition) is 2. The molecule has 0 bridgehead atoms. The molecule has 0 saturated heterocycles. The van der Waals surface area contributed by atoms with Gasteiger partial charge < -0.3 is 4.52 Å². The second-order valence-corrected chi connectivity index (χ2v) is 4.09. The first kappa shape index (κ1) is 12.2. The Hall–Kier alpha value is 0.190. The van der Waals surface area contributed by atoms with E-state index in [1.54, 1.807) is 0 Å². The van der Waals surface area contributed by atoms with Gasteiger partial charge >= 0.3 is 0 Å². The molecular weight excluding hydrogens is 171 g/mol. The van der Waals surface area contributed by atoms with Crippen LogP contribution in [-0.2, 0) is 9.09 Å². The van der Waals surface area contributed by atoms with Crippen LogP contribution < -0.4 is 0 Å². The van der Waals surface area contributed by atoms with Crippen LogP contribution in [-0.4, -0.2) is 6.10 Å². The van der Waals surface area contributed by atoms with Crippen molar-refractivity contribution in [3.8, 4) is 0 Å². The minimum atomic E-state index is -1.03. The van der Waals surface area contributed by atoms with Crippen LogP contribution in [0.3, 0.4) is 0 Å². The van der Waals surface area contributed by atoms with Crippen LogP contribution in [0, 0.1) is 5.92 Å². The molecule has 0 aliphatic carbocycles. The third-order valence-electron chi connectivity index (χ3n) is 1.86.